The molecule has 7 heteroatoms. The van der Waals surface area contributed by atoms with Crippen LogP contribution in [-0.4, -0.2) is 43.1 Å². The number of nitrogens with zero attached hydrogens (tertiary/aromatic N) is 1. The van der Waals surface area contributed by atoms with Crippen LogP contribution in [0.25, 0.3) is 0 Å². The summed E-state index contributed by atoms with van der Waals surface area (Å²) in [6.45, 7) is 5.00. The van der Waals surface area contributed by atoms with E-state index in [4.69, 9.17) is 4.74 Å². The number of hydrogen-bond acceptors (Lipinski definition) is 4. The summed E-state index contributed by atoms with van der Waals surface area (Å²) in [5, 5.41) is 3.26. The van der Waals surface area contributed by atoms with E-state index < -0.39 is 10.0 Å². The number of carbonyl (C=O) groups is 1. The van der Waals surface area contributed by atoms with Gasteiger partial charge in [0.25, 0.3) is 0 Å². The summed E-state index contributed by atoms with van der Waals surface area (Å²) >= 11 is 0. The van der Waals surface area contributed by atoms with Gasteiger partial charge in [-0.2, -0.15) is 0 Å². The smallest absolute Gasteiger partial charge is 0.224 e. The number of piperidine rings is 1. The number of carbonyl (C=O) groups excluding carboxylic acids is 1. The van der Waals surface area contributed by atoms with E-state index in [0.717, 1.165) is 42.6 Å². The molecular formula is C28H38N2O4S. The number of rotatable bonds is 9. The quantitative estimate of drug-likeness (QED) is 0.536. The van der Waals surface area contributed by atoms with Crippen LogP contribution in [0.1, 0.15) is 69.5 Å². The Bertz CT molecular complexity index is 1100. The topological polar surface area (TPSA) is 75.7 Å². The molecule has 190 valence electrons. The highest BCUT2D eigenvalue weighted by molar-refractivity contribution is 7.89. The van der Waals surface area contributed by atoms with Crippen LogP contribution in [-0.2, 0) is 21.2 Å². The Morgan fingerprint density at radius 1 is 1.09 bits per heavy atom. The number of amides is 1. The predicted octanol–water partition coefficient (Wildman–Crippen LogP) is 4.86. The van der Waals surface area contributed by atoms with Crippen LogP contribution >= 0.6 is 0 Å². The van der Waals surface area contributed by atoms with E-state index >= 15 is 0 Å². The van der Waals surface area contributed by atoms with Crippen LogP contribution < -0.4 is 10.1 Å². The van der Waals surface area contributed by atoms with Gasteiger partial charge in [0.1, 0.15) is 11.4 Å². The molecule has 0 radical (unpaired) electrons. The second kappa shape index (κ2) is 11.1. The number of ether oxygens (including phenoxy) is 1. The summed E-state index contributed by atoms with van der Waals surface area (Å²) < 4.78 is 34.0. The molecule has 1 fully saturated rings. The zero-order valence-corrected chi connectivity index (χ0v) is 21.7. The molecular weight excluding hydrogens is 460 g/mol. The Balaban J connectivity index is 1.39. The largest absolute Gasteiger partial charge is 0.487 e. The van der Waals surface area contributed by atoms with Gasteiger partial charge in [-0.1, -0.05) is 62.4 Å². The predicted molar refractivity (Wildman–Crippen MR) is 139 cm³/mol. The number of hydrogen-bond donors (Lipinski definition) is 1. The van der Waals surface area contributed by atoms with Crippen LogP contribution in [0.5, 0.6) is 5.75 Å². The molecule has 1 amide bonds. The van der Waals surface area contributed by atoms with E-state index in [-0.39, 0.29) is 35.8 Å². The summed E-state index contributed by atoms with van der Waals surface area (Å²) in [6, 6.07) is 17.7. The fourth-order valence-corrected chi connectivity index (χ4v) is 6.94. The molecule has 2 atom stereocenters. The average Bonchev–Trinajstić information content (AvgIpc) is 2.89. The molecule has 2 aromatic carbocycles. The fraction of sp³-hybridized carbons (Fsp3) is 0.536. The number of fused-ring (bicyclic) bond motifs is 1. The Labute approximate surface area is 210 Å². The Hall–Kier alpha value is -2.38. The van der Waals surface area contributed by atoms with Crippen molar-refractivity contribution in [2.24, 2.45) is 5.92 Å². The molecule has 0 aromatic heterocycles. The molecule has 6 nitrogen and oxygen atoms in total. The van der Waals surface area contributed by atoms with Crippen molar-refractivity contribution >= 4 is 15.9 Å². The molecule has 2 aliphatic rings. The molecule has 2 aromatic rings. The van der Waals surface area contributed by atoms with Crippen molar-refractivity contribution < 1.29 is 17.9 Å². The lowest BCUT2D eigenvalue weighted by molar-refractivity contribution is -0.127. The Morgan fingerprint density at radius 3 is 2.54 bits per heavy atom. The summed E-state index contributed by atoms with van der Waals surface area (Å²) in [6.07, 6.45) is 5.17. The number of nitrogens with one attached hydrogen (secondary N) is 1. The van der Waals surface area contributed by atoms with Gasteiger partial charge in [0.05, 0.1) is 17.7 Å². The summed E-state index contributed by atoms with van der Waals surface area (Å²) in [4.78, 5) is 13.4. The van der Waals surface area contributed by atoms with Crippen LogP contribution in [0.15, 0.2) is 54.6 Å². The van der Waals surface area contributed by atoms with Gasteiger partial charge in [-0.3, -0.25) is 4.79 Å². The first-order valence-electron chi connectivity index (χ1n) is 13.0. The first kappa shape index (κ1) is 25.7. The number of benzene rings is 2. The highest BCUT2D eigenvalue weighted by atomic mass is 32.2. The third kappa shape index (κ3) is 6.07. The van der Waals surface area contributed by atoms with Gasteiger partial charge in [0, 0.05) is 25.1 Å². The maximum atomic E-state index is 13.4. The van der Waals surface area contributed by atoms with Crippen molar-refractivity contribution in [1.29, 1.82) is 0 Å². The number of aryl methyl sites for hydroxylation is 1. The highest BCUT2D eigenvalue weighted by Gasteiger charge is 2.40. The van der Waals surface area contributed by atoms with Crippen molar-refractivity contribution in [1.82, 2.24) is 9.62 Å². The lowest BCUT2D eigenvalue weighted by atomic mass is 9.83. The normalized spacial score (nSPS) is 22.1. The molecule has 4 rings (SSSR count). The first-order valence-corrected chi connectivity index (χ1v) is 14.6. The zero-order chi connectivity index (χ0) is 24.9. The van der Waals surface area contributed by atoms with Gasteiger partial charge in [-0.15, -0.1) is 0 Å². The van der Waals surface area contributed by atoms with E-state index in [0.29, 0.717) is 25.8 Å². The standard InChI is InChI=1S/C28H38N2O4S/c1-3-28(4-2)20-25(24-16-8-9-17-26(24)34-28)29-27(31)23-15-10-18-30(21-23)35(32,33)19-11-14-22-12-6-5-7-13-22/h5-9,12-13,16-17,23,25H,3-4,10-11,14-15,18-21H2,1-2H3,(H,29,31)/t23-,25-/m1/s1. The van der Waals surface area contributed by atoms with Gasteiger partial charge >= 0.3 is 0 Å². The van der Waals surface area contributed by atoms with E-state index in [1.54, 1.807) is 0 Å². The third-order valence-corrected chi connectivity index (χ3v) is 9.58. The minimum atomic E-state index is -3.39. The summed E-state index contributed by atoms with van der Waals surface area (Å²) in [5.74, 6) is 0.551. The van der Waals surface area contributed by atoms with Crippen molar-refractivity contribution in [3.63, 3.8) is 0 Å². The van der Waals surface area contributed by atoms with Crippen molar-refractivity contribution in [3.05, 3.63) is 65.7 Å². The van der Waals surface area contributed by atoms with E-state index in [9.17, 15) is 13.2 Å². The lowest BCUT2D eigenvalue weighted by Crippen LogP contribution is -2.49. The number of sulfonamides is 1. The average molecular weight is 499 g/mol. The van der Waals surface area contributed by atoms with Crippen LogP contribution in [0, 0.1) is 5.92 Å². The monoisotopic (exact) mass is 498 g/mol. The highest BCUT2D eigenvalue weighted by Crippen LogP contribution is 2.42. The van der Waals surface area contributed by atoms with Crippen LogP contribution in [0.2, 0.25) is 0 Å². The molecule has 2 heterocycles. The minimum absolute atomic E-state index is 0.0583. The fourth-order valence-electron chi connectivity index (χ4n) is 5.36. The van der Waals surface area contributed by atoms with Crippen LogP contribution in [0.4, 0.5) is 0 Å². The summed E-state index contributed by atoms with van der Waals surface area (Å²) in [7, 11) is -3.39. The maximum absolute atomic E-state index is 13.4. The summed E-state index contributed by atoms with van der Waals surface area (Å²) in [5.41, 5.74) is 1.85. The second-order valence-electron chi connectivity index (χ2n) is 9.90. The van der Waals surface area contributed by atoms with Gasteiger partial charge in [-0.25, -0.2) is 12.7 Å². The lowest BCUT2D eigenvalue weighted by Gasteiger charge is -2.42. The molecule has 0 unspecified atom stereocenters. The first-order chi connectivity index (χ1) is 16.9. The molecule has 1 saturated heterocycles. The molecule has 0 saturated carbocycles. The van der Waals surface area contributed by atoms with Crippen molar-refractivity contribution in [2.45, 2.75) is 70.4 Å². The Morgan fingerprint density at radius 2 is 1.80 bits per heavy atom. The third-order valence-electron chi connectivity index (χ3n) is 7.66. The van der Waals surface area contributed by atoms with Gasteiger partial charge in [0.2, 0.25) is 15.9 Å². The minimum Gasteiger partial charge on any atom is -0.487 e. The molecule has 1 N–H and O–H groups in total. The molecule has 0 bridgehead atoms. The molecule has 35 heavy (non-hydrogen) atoms. The molecule has 0 spiro atoms. The van der Waals surface area contributed by atoms with E-state index in [2.05, 4.69) is 19.2 Å². The van der Waals surface area contributed by atoms with Crippen LogP contribution in [0.3, 0.4) is 0 Å². The van der Waals surface area contributed by atoms with Crippen molar-refractivity contribution in [2.75, 3.05) is 18.8 Å². The van der Waals surface area contributed by atoms with Gasteiger partial charge < -0.3 is 10.1 Å². The Kier molecular flexibility index (Phi) is 8.17. The molecule has 0 aliphatic carbocycles. The van der Waals surface area contributed by atoms with Crippen molar-refractivity contribution in [3.8, 4) is 5.75 Å². The maximum Gasteiger partial charge on any atom is 0.224 e. The van der Waals surface area contributed by atoms with E-state index in [1.807, 2.05) is 54.6 Å². The molecule has 2 aliphatic heterocycles. The SMILES string of the molecule is CCC1(CC)C[C@@H](NC(=O)[C@@H]2CCCN(S(=O)(=O)CCCc3ccccc3)C2)c2ccccc2O1. The second-order valence-corrected chi connectivity index (χ2v) is 12.0. The zero-order valence-electron chi connectivity index (χ0n) is 20.9. The van der Waals surface area contributed by atoms with Gasteiger partial charge in [-0.05, 0) is 50.2 Å². The number of para-hydroxylation sites is 1. The van der Waals surface area contributed by atoms with E-state index in [1.165, 1.54) is 4.31 Å². The van der Waals surface area contributed by atoms with Gasteiger partial charge in [0.15, 0.2) is 0 Å².